The molecule has 5 nitrogen and oxygen atoms in total. The van der Waals surface area contributed by atoms with Crippen molar-refractivity contribution in [2.24, 2.45) is 5.92 Å². The number of hydrogen-bond acceptors (Lipinski definition) is 4. The van der Waals surface area contributed by atoms with E-state index in [1.54, 1.807) is 6.20 Å². The highest BCUT2D eigenvalue weighted by molar-refractivity contribution is 6.33. The maximum absolute atomic E-state index is 13.8. The Morgan fingerprint density at radius 3 is 2.56 bits per heavy atom. The molecule has 1 aliphatic heterocycles. The normalized spacial score (nSPS) is 18.1. The lowest BCUT2D eigenvalue weighted by molar-refractivity contribution is 0.246. The zero-order chi connectivity index (χ0) is 19.0. The fourth-order valence-corrected chi connectivity index (χ4v) is 3.66. The monoisotopic (exact) mass is 394 g/mol. The van der Waals surface area contributed by atoms with Crippen LogP contribution in [-0.4, -0.2) is 40.9 Å². The molecule has 1 saturated carbocycles. The second-order valence-corrected chi connectivity index (χ2v) is 7.65. The Balaban J connectivity index is 1.40. The van der Waals surface area contributed by atoms with E-state index in [1.807, 2.05) is 4.90 Å². The van der Waals surface area contributed by atoms with Crippen molar-refractivity contribution in [1.29, 1.82) is 0 Å². The summed E-state index contributed by atoms with van der Waals surface area (Å²) in [6.45, 7) is 3.77. The quantitative estimate of drug-likeness (QED) is 0.782. The van der Waals surface area contributed by atoms with E-state index in [9.17, 15) is 13.6 Å². The average Bonchev–Trinajstić information content (AvgIpc) is 3.47. The number of aromatic nitrogens is 2. The highest BCUT2D eigenvalue weighted by atomic mass is 35.5. The number of hydrogen-bond donors (Lipinski definition) is 0. The number of anilines is 1. The van der Waals surface area contributed by atoms with Crippen LogP contribution in [0, 0.1) is 17.6 Å². The van der Waals surface area contributed by atoms with Gasteiger partial charge in [0.15, 0.2) is 0 Å². The van der Waals surface area contributed by atoms with Crippen LogP contribution in [0.25, 0.3) is 0 Å². The lowest BCUT2D eigenvalue weighted by Gasteiger charge is -2.36. The molecule has 1 aromatic heterocycles. The van der Waals surface area contributed by atoms with E-state index in [1.165, 1.54) is 16.8 Å². The van der Waals surface area contributed by atoms with Crippen LogP contribution in [-0.2, 0) is 13.1 Å². The molecule has 0 unspecified atom stereocenters. The van der Waals surface area contributed by atoms with E-state index in [-0.39, 0.29) is 10.6 Å². The third-order valence-corrected chi connectivity index (χ3v) is 5.57. The molecular weight excluding hydrogens is 374 g/mol. The molecule has 144 valence electrons. The molecular formula is C19H21ClF2N4O. The van der Waals surface area contributed by atoms with Gasteiger partial charge in [0.2, 0.25) is 0 Å². The first kappa shape index (κ1) is 18.4. The van der Waals surface area contributed by atoms with Gasteiger partial charge in [-0.25, -0.2) is 13.5 Å². The number of benzene rings is 1. The molecule has 0 radical (unpaired) electrons. The van der Waals surface area contributed by atoms with E-state index in [0.29, 0.717) is 56.4 Å². The van der Waals surface area contributed by atoms with Crippen molar-refractivity contribution in [3.63, 3.8) is 0 Å². The SMILES string of the molecule is O=c1c(Cl)c(N2CCN(Cc3ccc(F)cc3F)CC2)cnn1CC1CC1. The highest BCUT2D eigenvalue weighted by Crippen LogP contribution is 2.30. The molecule has 1 saturated heterocycles. The predicted octanol–water partition coefficient (Wildman–Crippen LogP) is 2.91. The number of nitrogens with zero attached hydrogens (tertiary/aromatic N) is 4. The molecule has 0 amide bonds. The number of rotatable bonds is 5. The largest absolute Gasteiger partial charge is 0.366 e. The van der Waals surface area contributed by atoms with Gasteiger partial charge in [0.1, 0.15) is 16.7 Å². The number of halogens is 3. The fraction of sp³-hybridized carbons (Fsp3) is 0.474. The summed E-state index contributed by atoms with van der Waals surface area (Å²) in [4.78, 5) is 16.6. The standard InChI is InChI=1S/C19H21ClF2N4O/c20-18-17(10-23-26(19(18)27)11-13-1-2-13)25-7-5-24(6-8-25)12-14-3-4-15(21)9-16(14)22/h3-4,9-10,13H,1-2,5-8,11-12H2. The summed E-state index contributed by atoms with van der Waals surface area (Å²) in [6, 6.07) is 3.67. The minimum atomic E-state index is -0.570. The van der Waals surface area contributed by atoms with Crippen LogP contribution in [0.15, 0.2) is 29.2 Å². The van der Waals surface area contributed by atoms with Crippen molar-refractivity contribution in [2.45, 2.75) is 25.9 Å². The van der Waals surface area contributed by atoms with Crippen LogP contribution in [0.3, 0.4) is 0 Å². The third-order valence-electron chi connectivity index (χ3n) is 5.22. The Bertz CT molecular complexity index is 892. The molecule has 0 N–H and O–H groups in total. The summed E-state index contributed by atoms with van der Waals surface area (Å²) in [6.07, 6.45) is 3.95. The Morgan fingerprint density at radius 2 is 1.89 bits per heavy atom. The smallest absolute Gasteiger partial charge is 0.287 e. The number of piperazine rings is 1. The first-order valence-corrected chi connectivity index (χ1v) is 9.56. The van der Waals surface area contributed by atoms with Crippen molar-refractivity contribution in [3.05, 3.63) is 57.0 Å². The predicted molar refractivity (Wildman–Crippen MR) is 100 cm³/mol. The van der Waals surface area contributed by atoms with Crippen LogP contribution in [0.2, 0.25) is 5.02 Å². The third kappa shape index (κ3) is 4.14. The van der Waals surface area contributed by atoms with Gasteiger partial charge in [-0.05, 0) is 24.8 Å². The van der Waals surface area contributed by atoms with Gasteiger partial charge < -0.3 is 4.90 Å². The fourth-order valence-electron chi connectivity index (χ4n) is 3.39. The van der Waals surface area contributed by atoms with Crippen LogP contribution < -0.4 is 10.5 Å². The van der Waals surface area contributed by atoms with E-state index >= 15 is 0 Å². The molecule has 0 atom stereocenters. The van der Waals surface area contributed by atoms with Crippen molar-refractivity contribution < 1.29 is 8.78 Å². The Hall–Kier alpha value is -1.99. The second-order valence-electron chi connectivity index (χ2n) is 7.27. The summed E-state index contributed by atoms with van der Waals surface area (Å²) in [5.41, 5.74) is 0.894. The molecule has 2 aliphatic rings. The maximum atomic E-state index is 13.8. The first-order chi connectivity index (χ1) is 13.0. The lowest BCUT2D eigenvalue weighted by Crippen LogP contribution is -2.46. The van der Waals surface area contributed by atoms with Crippen LogP contribution in [0.1, 0.15) is 18.4 Å². The summed E-state index contributed by atoms with van der Waals surface area (Å²) in [5, 5.41) is 4.49. The maximum Gasteiger partial charge on any atom is 0.287 e. The summed E-state index contributed by atoms with van der Waals surface area (Å²) >= 11 is 6.32. The van der Waals surface area contributed by atoms with Gasteiger partial charge >= 0.3 is 0 Å². The van der Waals surface area contributed by atoms with Crippen LogP contribution in [0.4, 0.5) is 14.5 Å². The van der Waals surface area contributed by atoms with Gasteiger partial charge in [-0.3, -0.25) is 9.69 Å². The van der Waals surface area contributed by atoms with Crippen molar-refractivity contribution in [1.82, 2.24) is 14.7 Å². The Kier molecular flexibility index (Phi) is 5.14. The Labute approximate surface area is 161 Å². The van der Waals surface area contributed by atoms with Crippen molar-refractivity contribution in [2.75, 3.05) is 31.1 Å². The van der Waals surface area contributed by atoms with E-state index in [4.69, 9.17) is 11.6 Å². The minimum absolute atomic E-state index is 0.212. The molecule has 2 fully saturated rings. The van der Waals surface area contributed by atoms with Crippen molar-refractivity contribution in [3.8, 4) is 0 Å². The van der Waals surface area contributed by atoms with Crippen LogP contribution in [0.5, 0.6) is 0 Å². The van der Waals surface area contributed by atoms with Crippen molar-refractivity contribution >= 4 is 17.3 Å². The topological polar surface area (TPSA) is 41.4 Å². The van der Waals surface area contributed by atoms with E-state index in [2.05, 4.69) is 10.00 Å². The van der Waals surface area contributed by atoms with Gasteiger partial charge in [0.25, 0.3) is 5.56 Å². The molecule has 2 heterocycles. The van der Waals surface area contributed by atoms with Gasteiger partial charge in [0.05, 0.1) is 11.9 Å². The zero-order valence-corrected chi connectivity index (χ0v) is 15.6. The molecule has 0 bridgehead atoms. The lowest BCUT2D eigenvalue weighted by atomic mass is 10.1. The van der Waals surface area contributed by atoms with Gasteiger partial charge in [-0.1, -0.05) is 17.7 Å². The molecule has 2 aromatic rings. The molecule has 4 rings (SSSR count). The summed E-state index contributed by atoms with van der Waals surface area (Å²) in [5.74, 6) is -0.545. The van der Waals surface area contributed by atoms with Gasteiger partial charge in [-0.2, -0.15) is 5.10 Å². The molecule has 27 heavy (non-hydrogen) atoms. The first-order valence-electron chi connectivity index (χ1n) is 9.18. The van der Waals surface area contributed by atoms with Crippen LogP contribution >= 0.6 is 11.6 Å². The molecule has 8 heteroatoms. The highest BCUT2D eigenvalue weighted by Gasteiger charge is 2.25. The summed E-state index contributed by atoms with van der Waals surface area (Å²) < 4.78 is 28.3. The molecule has 0 spiro atoms. The van der Waals surface area contributed by atoms with E-state index < -0.39 is 11.6 Å². The Morgan fingerprint density at radius 1 is 1.15 bits per heavy atom. The minimum Gasteiger partial charge on any atom is -0.366 e. The second kappa shape index (κ2) is 7.56. The molecule has 1 aliphatic carbocycles. The summed E-state index contributed by atoms with van der Waals surface area (Å²) in [7, 11) is 0. The molecule has 1 aromatic carbocycles. The average molecular weight is 395 g/mol. The van der Waals surface area contributed by atoms with E-state index in [0.717, 1.165) is 18.9 Å². The zero-order valence-electron chi connectivity index (χ0n) is 14.9. The van der Waals surface area contributed by atoms with Gasteiger partial charge in [0, 0.05) is 50.9 Å². The van der Waals surface area contributed by atoms with Gasteiger partial charge in [-0.15, -0.1) is 0 Å².